The highest BCUT2D eigenvalue weighted by Crippen LogP contribution is 2.25. The first kappa shape index (κ1) is 16.0. The molecule has 0 bridgehead atoms. The van der Waals surface area contributed by atoms with Gasteiger partial charge in [0.05, 0.1) is 16.3 Å². The van der Waals surface area contributed by atoms with Crippen LogP contribution in [-0.4, -0.2) is 8.42 Å². The molecule has 0 aliphatic rings. The summed E-state index contributed by atoms with van der Waals surface area (Å²) in [6.07, 6.45) is 0. The Kier molecular flexibility index (Phi) is 4.38. The number of halogens is 3. The molecule has 2 aromatic carbocycles. The molecule has 0 saturated carbocycles. The fourth-order valence-electron chi connectivity index (χ4n) is 1.69. The summed E-state index contributed by atoms with van der Waals surface area (Å²) >= 11 is 1.81. The predicted molar refractivity (Wildman–Crippen MR) is 85.5 cm³/mol. The summed E-state index contributed by atoms with van der Waals surface area (Å²) in [5, 5.41) is 0. The summed E-state index contributed by atoms with van der Waals surface area (Å²) in [5.41, 5.74) is 5.56. The third-order valence-corrected chi connectivity index (χ3v) is 4.98. The molecule has 0 spiro atoms. The van der Waals surface area contributed by atoms with E-state index in [-0.39, 0.29) is 21.8 Å². The van der Waals surface area contributed by atoms with Gasteiger partial charge in [0.2, 0.25) is 0 Å². The second kappa shape index (κ2) is 5.76. The van der Waals surface area contributed by atoms with E-state index < -0.39 is 21.7 Å². The minimum atomic E-state index is -3.93. The van der Waals surface area contributed by atoms with Crippen LogP contribution in [0, 0.1) is 22.1 Å². The number of rotatable bonds is 3. The largest absolute Gasteiger partial charge is 0.396 e. The molecule has 4 nitrogen and oxygen atoms in total. The van der Waals surface area contributed by atoms with Crippen LogP contribution in [0.25, 0.3) is 0 Å². The van der Waals surface area contributed by atoms with Crippen molar-refractivity contribution in [3.63, 3.8) is 0 Å². The van der Waals surface area contributed by atoms with Crippen molar-refractivity contribution >= 4 is 44.0 Å². The fraction of sp³-hybridized carbons (Fsp3) is 0.0769. The summed E-state index contributed by atoms with van der Waals surface area (Å²) in [5.74, 6) is -1.12. The van der Waals surface area contributed by atoms with Crippen LogP contribution in [0.2, 0.25) is 0 Å². The topological polar surface area (TPSA) is 72.2 Å². The molecule has 8 heteroatoms. The van der Waals surface area contributed by atoms with Crippen LogP contribution >= 0.6 is 22.6 Å². The minimum absolute atomic E-state index is 0.129. The zero-order chi connectivity index (χ0) is 15.8. The molecule has 2 rings (SSSR count). The molecule has 0 heterocycles. The van der Waals surface area contributed by atoms with Crippen molar-refractivity contribution in [1.82, 2.24) is 0 Å². The molecule has 0 aromatic heterocycles. The number of hydrogen-bond donors (Lipinski definition) is 2. The zero-order valence-electron chi connectivity index (χ0n) is 10.8. The van der Waals surface area contributed by atoms with Crippen LogP contribution in [0.15, 0.2) is 35.2 Å². The zero-order valence-corrected chi connectivity index (χ0v) is 13.8. The SMILES string of the molecule is Cc1cc(S(=O)(=O)Nc2ccc(F)cc2I)cc(N)c1F. The van der Waals surface area contributed by atoms with Crippen LogP contribution < -0.4 is 10.5 Å². The lowest BCUT2D eigenvalue weighted by Crippen LogP contribution is -2.15. The van der Waals surface area contributed by atoms with Gasteiger partial charge in [0.15, 0.2) is 0 Å². The Morgan fingerprint density at radius 3 is 2.43 bits per heavy atom. The predicted octanol–water partition coefficient (Wildman–Crippen LogP) is 3.26. The average molecular weight is 424 g/mol. The van der Waals surface area contributed by atoms with Gasteiger partial charge in [-0.2, -0.15) is 0 Å². The molecule has 21 heavy (non-hydrogen) atoms. The molecule has 0 radical (unpaired) electrons. The summed E-state index contributed by atoms with van der Waals surface area (Å²) in [4.78, 5) is -0.154. The summed E-state index contributed by atoms with van der Waals surface area (Å²) in [6.45, 7) is 1.42. The van der Waals surface area contributed by atoms with Gasteiger partial charge >= 0.3 is 0 Å². The lowest BCUT2D eigenvalue weighted by Gasteiger charge is -2.11. The van der Waals surface area contributed by atoms with Crippen LogP contribution in [0.5, 0.6) is 0 Å². The number of sulfonamides is 1. The fourth-order valence-corrected chi connectivity index (χ4v) is 3.69. The second-order valence-corrected chi connectivity index (χ2v) is 7.22. The van der Waals surface area contributed by atoms with E-state index in [2.05, 4.69) is 4.72 Å². The first-order valence-corrected chi connectivity index (χ1v) is 8.30. The number of hydrogen-bond acceptors (Lipinski definition) is 3. The van der Waals surface area contributed by atoms with E-state index in [9.17, 15) is 17.2 Å². The van der Waals surface area contributed by atoms with Gasteiger partial charge in [-0.05, 0) is 65.4 Å². The monoisotopic (exact) mass is 424 g/mol. The molecule has 0 aliphatic carbocycles. The van der Waals surface area contributed by atoms with Gasteiger partial charge in [-0.25, -0.2) is 17.2 Å². The maximum Gasteiger partial charge on any atom is 0.262 e. The molecule has 0 saturated heterocycles. The molecule has 0 amide bonds. The first-order valence-electron chi connectivity index (χ1n) is 5.74. The molecule has 0 unspecified atom stereocenters. The van der Waals surface area contributed by atoms with Crippen molar-refractivity contribution < 1.29 is 17.2 Å². The standard InChI is InChI=1S/C13H11F2IN2O2S/c1-7-4-9(6-11(17)13(7)15)21(19,20)18-12-3-2-8(14)5-10(12)16/h2-6,18H,17H2,1H3. The van der Waals surface area contributed by atoms with Crippen LogP contribution in [0.1, 0.15) is 5.56 Å². The van der Waals surface area contributed by atoms with Gasteiger partial charge in [-0.3, -0.25) is 4.72 Å². The second-order valence-electron chi connectivity index (χ2n) is 4.37. The summed E-state index contributed by atoms with van der Waals surface area (Å²) < 4.78 is 53.7. The van der Waals surface area contributed by atoms with Crippen molar-refractivity contribution in [1.29, 1.82) is 0 Å². The molecule has 0 fully saturated rings. The van der Waals surface area contributed by atoms with E-state index >= 15 is 0 Å². The average Bonchev–Trinajstić information content (AvgIpc) is 2.38. The molecule has 0 atom stereocenters. The summed E-state index contributed by atoms with van der Waals surface area (Å²) in [6, 6.07) is 5.88. The Morgan fingerprint density at radius 2 is 1.86 bits per heavy atom. The number of nitrogens with two attached hydrogens (primary N) is 1. The van der Waals surface area contributed by atoms with Crippen molar-refractivity contribution in [2.24, 2.45) is 0 Å². The number of anilines is 2. The quantitative estimate of drug-likeness (QED) is 0.587. The lowest BCUT2D eigenvalue weighted by molar-refractivity contribution is 0.598. The van der Waals surface area contributed by atoms with Crippen LogP contribution in [-0.2, 0) is 10.0 Å². The summed E-state index contributed by atoms with van der Waals surface area (Å²) in [7, 11) is -3.93. The Morgan fingerprint density at radius 1 is 1.19 bits per heavy atom. The number of nitrogens with one attached hydrogen (secondary N) is 1. The van der Waals surface area contributed by atoms with Crippen LogP contribution in [0.3, 0.4) is 0 Å². The van der Waals surface area contributed by atoms with Gasteiger partial charge in [-0.15, -0.1) is 0 Å². The first-order chi connectivity index (χ1) is 9.70. The van der Waals surface area contributed by atoms with Gasteiger partial charge in [0, 0.05) is 3.57 Å². The highest BCUT2D eigenvalue weighted by atomic mass is 127. The third-order valence-electron chi connectivity index (χ3n) is 2.74. The normalized spacial score (nSPS) is 11.4. The van der Waals surface area contributed by atoms with E-state index in [4.69, 9.17) is 5.73 Å². The van der Waals surface area contributed by atoms with Gasteiger partial charge in [0.25, 0.3) is 10.0 Å². The lowest BCUT2D eigenvalue weighted by atomic mass is 10.2. The molecule has 112 valence electrons. The number of aryl methyl sites for hydroxylation is 1. The molecular formula is C13H11F2IN2O2S. The number of benzene rings is 2. The Labute approximate surface area is 134 Å². The van der Waals surface area contributed by atoms with Crippen molar-refractivity contribution in [3.05, 3.63) is 51.1 Å². The van der Waals surface area contributed by atoms with E-state index in [1.54, 1.807) is 0 Å². The Balaban J connectivity index is 2.43. The van der Waals surface area contributed by atoms with Crippen molar-refractivity contribution in [3.8, 4) is 0 Å². The molecular weight excluding hydrogens is 413 g/mol. The molecule has 2 aromatic rings. The molecule has 0 aliphatic heterocycles. The van der Waals surface area contributed by atoms with E-state index in [0.717, 1.165) is 12.1 Å². The van der Waals surface area contributed by atoms with Crippen molar-refractivity contribution in [2.75, 3.05) is 10.5 Å². The van der Waals surface area contributed by atoms with E-state index in [0.29, 0.717) is 3.57 Å². The smallest absolute Gasteiger partial charge is 0.262 e. The van der Waals surface area contributed by atoms with E-state index in [1.165, 1.54) is 25.1 Å². The maximum absolute atomic E-state index is 13.5. The van der Waals surface area contributed by atoms with Gasteiger partial charge in [-0.1, -0.05) is 0 Å². The highest BCUT2D eigenvalue weighted by molar-refractivity contribution is 14.1. The van der Waals surface area contributed by atoms with Gasteiger partial charge < -0.3 is 5.73 Å². The third kappa shape index (κ3) is 3.43. The number of nitrogen functional groups attached to an aromatic ring is 1. The maximum atomic E-state index is 13.5. The Bertz CT molecular complexity index is 787. The minimum Gasteiger partial charge on any atom is -0.396 e. The Hall–Kier alpha value is -1.42. The van der Waals surface area contributed by atoms with E-state index in [1.807, 2.05) is 22.6 Å². The highest BCUT2D eigenvalue weighted by Gasteiger charge is 2.18. The van der Waals surface area contributed by atoms with Gasteiger partial charge in [0.1, 0.15) is 11.6 Å². The van der Waals surface area contributed by atoms with Crippen LogP contribution in [0.4, 0.5) is 20.2 Å². The molecule has 3 N–H and O–H groups in total. The van der Waals surface area contributed by atoms with Crippen molar-refractivity contribution in [2.45, 2.75) is 11.8 Å².